The maximum atomic E-state index is 10.0. The summed E-state index contributed by atoms with van der Waals surface area (Å²) in [7, 11) is 0. The Bertz CT molecular complexity index is 419. The molecule has 0 aliphatic rings. The van der Waals surface area contributed by atoms with E-state index < -0.39 is 0 Å². The van der Waals surface area contributed by atoms with Gasteiger partial charge in [0.05, 0.1) is 0 Å². The molecule has 0 N–H and O–H groups in total. The van der Waals surface area contributed by atoms with Gasteiger partial charge in [-0.05, 0) is 18.9 Å². The van der Waals surface area contributed by atoms with Crippen molar-refractivity contribution in [1.82, 2.24) is 0 Å². The second kappa shape index (κ2) is 20.1. The molecule has 126 valence electrons. The van der Waals surface area contributed by atoms with Crippen LogP contribution in [-0.4, -0.2) is 6.29 Å². The number of allylic oxidation sites excluding steroid dienone is 12. The molecular formula is C22H32O. The lowest BCUT2D eigenvalue weighted by atomic mass is 10.1. The van der Waals surface area contributed by atoms with Gasteiger partial charge in [0.15, 0.2) is 0 Å². The van der Waals surface area contributed by atoms with Gasteiger partial charge in [0.25, 0.3) is 0 Å². The first-order valence-electron chi connectivity index (χ1n) is 8.85. The largest absolute Gasteiger partial charge is 0.299 e. The van der Waals surface area contributed by atoms with Gasteiger partial charge in [-0.25, -0.2) is 0 Å². The van der Waals surface area contributed by atoms with Crippen LogP contribution in [0.2, 0.25) is 0 Å². The third-order valence-electron chi connectivity index (χ3n) is 3.30. The molecule has 1 nitrogen and oxygen atoms in total. The Balaban J connectivity index is 3.52. The molecule has 0 bridgehead atoms. The number of hydrogen-bond acceptors (Lipinski definition) is 1. The molecule has 0 aromatic rings. The number of hydrogen-bond donors (Lipinski definition) is 0. The van der Waals surface area contributed by atoms with E-state index in [0.717, 1.165) is 6.29 Å². The van der Waals surface area contributed by atoms with Crippen molar-refractivity contribution in [2.45, 2.75) is 58.3 Å². The molecule has 0 spiro atoms. The zero-order chi connectivity index (χ0) is 16.8. The molecule has 0 heterocycles. The van der Waals surface area contributed by atoms with E-state index in [4.69, 9.17) is 0 Å². The van der Waals surface area contributed by atoms with Crippen LogP contribution in [0.15, 0.2) is 72.9 Å². The third-order valence-corrected chi connectivity index (χ3v) is 3.30. The van der Waals surface area contributed by atoms with Gasteiger partial charge in [-0.15, -0.1) is 0 Å². The Labute approximate surface area is 142 Å². The number of carbonyl (C=O) groups excluding carboxylic acids is 1. The molecule has 0 saturated carbocycles. The van der Waals surface area contributed by atoms with E-state index in [2.05, 4.69) is 25.2 Å². The van der Waals surface area contributed by atoms with Crippen LogP contribution in [0.25, 0.3) is 0 Å². The highest BCUT2D eigenvalue weighted by Crippen LogP contribution is 2.08. The fourth-order valence-corrected chi connectivity index (χ4v) is 2.02. The van der Waals surface area contributed by atoms with Crippen molar-refractivity contribution in [1.29, 1.82) is 0 Å². The van der Waals surface area contributed by atoms with Crippen LogP contribution in [-0.2, 0) is 4.79 Å². The summed E-state index contributed by atoms with van der Waals surface area (Å²) in [5.41, 5.74) is 0. The molecule has 0 fully saturated rings. The van der Waals surface area contributed by atoms with Crippen LogP contribution >= 0.6 is 0 Å². The molecule has 0 aromatic heterocycles. The smallest absolute Gasteiger partial charge is 0.142 e. The molecule has 0 unspecified atom stereocenters. The highest BCUT2D eigenvalue weighted by atomic mass is 16.1. The quantitative estimate of drug-likeness (QED) is 0.152. The second-order valence-electron chi connectivity index (χ2n) is 5.40. The summed E-state index contributed by atoms with van der Waals surface area (Å²) in [6, 6.07) is 0. The summed E-state index contributed by atoms with van der Waals surface area (Å²) in [6.07, 6.45) is 34.7. The van der Waals surface area contributed by atoms with Crippen molar-refractivity contribution in [3.63, 3.8) is 0 Å². The van der Waals surface area contributed by atoms with Gasteiger partial charge < -0.3 is 0 Å². The van der Waals surface area contributed by atoms with E-state index in [0.29, 0.717) is 0 Å². The maximum Gasteiger partial charge on any atom is 0.142 e. The molecule has 23 heavy (non-hydrogen) atoms. The monoisotopic (exact) mass is 312 g/mol. The Morgan fingerprint density at radius 3 is 1.48 bits per heavy atom. The molecule has 0 saturated heterocycles. The number of unbranched alkanes of at least 4 members (excludes halogenated alkanes) is 7. The summed E-state index contributed by atoms with van der Waals surface area (Å²) in [6.45, 7) is 2.26. The Morgan fingerprint density at radius 1 is 0.522 bits per heavy atom. The van der Waals surface area contributed by atoms with Crippen molar-refractivity contribution in [2.24, 2.45) is 0 Å². The fourth-order valence-electron chi connectivity index (χ4n) is 2.02. The summed E-state index contributed by atoms with van der Waals surface area (Å²) in [5, 5.41) is 0. The predicted octanol–water partition coefficient (Wildman–Crippen LogP) is 6.66. The fraction of sp³-hybridized carbons (Fsp3) is 0.409. The molecule has 0 aliphatic carbocycles. The molecule has 0 rings (SSSR count). The minimum atomic E-state index is 0.764. The van der Waals surface area contributed by atoms with Crippen LogP contribution in [0.4, 0.5) is 0 Å². The first-order chi connectivity index (χ1) is 11.4. The Morgan fingerprint density at radius 2 is 0.957 bits per heavy atom. The highest BCUT2D eigenvalue weighted by molar-refractivity contribution is 5.65. The summed E-state index contributed by atoms with van der Waals surface area (Å²) in [5.74, 6) is 0. The summed E-state index contributed by atoms with van der Waals surface area (Å²) < 4.78 is 0. The zero-order valence-corrected chi connectivity index (χ0v) is 14.6. The van der Waals surface area contributed by atoms with Crippen LogP contribution in [0.5, 0.6) is 0 Å². The molecule has 0 aromatic carbocycles. The van der Waals surface area contributed by atoms with Crippen LogP contribution < -0.4 is 0 Å². The van der Waals surface area contributed by atoms with Gasteiger partial charge in [-0.2, -0.15) is 0 Å². The van der Waals surface area contributed by atoms with Crippen LogP contribution in [0, 0.1) is 0 Å². The van der Waals surface area contributed by atoms with E-state index in [1.807, 2.05) is 42.5 Å². The van der Waals surface area contributed by atoms with Gasteiger partial charge in [0.1, 0.15) is 6.29 Å². The average molecular weight is 312 g/mol. The average Bonchev–Trinajstić information content (AvgIpc) is 2.57. The van der Waals surface area contributed by atoms with Crippen molar-refractivity contribution < 1.29 is 4.79 Å². The molecule has 0 amide bonds. The van der Waals surface area contributed by atoms with Gasteiger partial charge in [-0.3, -0.25) is 4.79 Å². The van der Waals surface area contributed by atoms with E-state index in [1.54, 1.807) is 6.08 Å². The molecule has 1 heteroatoms. The lowest BCUT2D eigenvalue weighted by molar-refractivity contribution is -0.104. The van der Waals surface area contributed by atoms with E-state index in [9.17, 15) is 4.79 Å². The number of rotatable bonds is 14. The van der Waals surface area contributed by atoms with E-state index in [-0.39, 0.29) is 0 Å². The SMILES string of the molecule is CCCCCCCCCC=CC=CC=CC=CC=CC=CC=O. The third kappa shape index (κ3) is 20.1. The number of aldehydes is 1. The molecular weight excluding hydrogens is 280 g/mol. The maximum absolute atomic E-state index is 10.0. The first kappa shape index (κ1) is 21.1. The Kier molecular flexibility index (Phi) is 18.5. The van der Waals surface area contributed by atoms with E-state index in [1.165, 1.54) is 57.4 Å². The van der Waals surface area contributed by atoms with Crippen molar-refractivity contribution in [3.05, 3.63) is 72.9 Å². The predicted molar refractivity (Wildman–Crippen MR) is 104 cm³/mol. The zero-order valence-electron chi connectivity index (χ0n) is 14.6. The van der Waals surface area contributed by atoms with Gasteiger partial charge in [0, 0.05) is 0 Å². The molecule has 0 radical (unpaired) electrons. The topological polar surface area (TPSA) is 17.1 Å². The molecule has 0 aliphatic heterocycles. The van der Waals surface area contributed by atoms with Crippen molar-refractivity contribution >= 4 is 6.29 Å². The number of carbonyl (C=O) groups is 1. The van der Waals surface area contributed by atoms with Crippen LogP contribution in [0.1, 0.15) is 58.3 Å². The second-order valence-corrected chi connectivity index (χ2v) is 5.40. The summed E-state index contributed by atoms with van der Waals surface area (Å²) in [4.78, 5) is 10.0. The molecule has 0 atom stereocenters. The first-order valence-corrected chi connectivity index (χ1v) is 8.85. The Hall–Kier alpha value is -1.89. The van der Waals surface area contributed by atoms with Crippen molar-refractivity contribution in [2.75, 3.05) is 0 Å². The van der Waals surface area contributed by atoms with Gasteiger partial charge >= 0.3 is 0 Å². The lowest BCUT2D eigenvalue weighted by Gasteiger charge is -1.98. The minimum Gasteiger partial charge on any atom is -0.299 e. The highest BCUT2D eigenvalue weighted by Gasteiger charge is 1.88. The lowest BCUT2D eigenvalue weighted by Crippen LogP contribution is -1.78. The van der Waals surface area contributed by atoms with Gasteiger partial charge in [-0.1, -0.05) is 112 Å². The standard InChI is InChI=1S/C22H32O/c1-2-3-4-5-6-7-8-9-10-11-12-13-14-15-16-17-18-19-20-21-22-23/h10-22H,2-9H2,1H3. The normalized spacial score (nSPS) is 13.1. The van der Waals surface area contributed by atoms with Crippen LogP contribution in [0.3, 0.4) is 0 Å². The summed E-state index contributed by atoms with van der Waals surface area (Å²) >= 11 is 0. The van der Waals surface area contributed by atoms with Crippen molar-refractivity contribution in [3.8, 4) is 0 Å². The van der Waals surface area contributed by atoms with E-state index >= 15 is 0 Å². The minimum absolute atomic E-state index is 0.764. The van der Waals surface area contributed by atoms with Gasteiger partial charge in [0.2, 0.25) is 0 Å².